The van der Waals surface area contributed by atoms with Crippen LogP contribution in [-0.4, -0.2) is 32.7 Å². The lowest BCUT2D eigenvalue weighted by Crippen LogP contribution is -2.14. The van der Waals surface area contributed by atoms with E-state index in [0.29, 0.717) is 17.9 Å². The maximum absolute atomic E-state index is 11.9. The van der Waals surface area contributed by atoms with Gasteiger partial charge in [-0.25, -0.2) is 9.59 Å². The van der Waals surface area contributed by atoms with Crippen LogP contribution in [0.3, 0.4) is 0 Å². The first-order valence-corrected chi connectivity index (χ1v) is 10.2. The summed E-state index contributed by atoms with van der Waals surface area (Å²) in [6, 6.07) is 8.47. The van der Waals surface area contributed by atoms with Crippen LogP contribution in [0.4, 0.5) is 0 Å². The summed E-state index contributed by atoms with van der Waals surface area (Å²) in [6.45, 7) is 3.81. The molecule has 1 aromatic carbocycles. The highest BCUT2D eigenvalue weighted by atomic mass is 16.5. The molecule has 0 aliphatic carbocycles. The highest BCUT2D eigenvalue weighted by Crippen LogP contribution is 2.25. The summed E-state index contributed by atoms with van der Waals surface area (Å²) in [7, 11) is 2.60. The first kappa shape index (κ1) is 22.7. The average molecular weight is 402 g/mol. The fourth-order valence-corrected chi connectivity index (χ4v) is 3.11. The van der Waals surface area contributed by atoms with Gasteiger partial charge >= 0.3 is 11.9 Å². The Morgan fingerprint density at radius 3 is 2.14 bits per heavy atom. The van der Waals surface area contributed by atoms with E-state index >= 15 is 0 Å². The van der Waals surface area contributed by atoms with Crippen molar-refractivity contribution in [1.82, 2.24) is 5.32 Å². The van der Waals surface area contributed by atoms with Gasteiger partial charge in [-0.1, -0.05) is 39.0 Å². The Hall–Kier alpha value is -2.60. The quantitative estimate of drug-likeness (QED) is 0.400. The molecular formula is C23H31NO5. The third kappa shape index (κ3) is 7.06. The fourth-order valence-electron chi connectivity index (χ4n) is 3.11. The lowest BCUT2D eigenvalue weighted by Gasteiger charge is -2.07. The number of benzene rings is 1. The molecule has 2 rings (SSSR count). The first-order valence-electron chi connectivity index (χ1n) is 10.2. The first-order chi connectivity index (χ1) is 14.1. The summed E-state index contributed by atoms with van der Waals surface area (Å²) < 4.78 is 15.5. The lowest BCUT2D eigenvalue weighted by molar-refractivity contribution is 0.0599. The van der Waals surface area contributed by atoms with Crippen molar-refractivity contribution in [3.63, 3.8) is 0 Å². The Balaban J connectivity index is 1.98. The second-order valence-corrected chi connectivity index (χ2v) is 6.99. The average Bonchev–Trinajstić information content (AvgIpc) is 3.23. The number of carbonyl (C=O) groups is 2. The molecule has 0 saturated carbocycles. The molecule has 0 aliphatic rings. The Morgan fingerprint density at radius 1 is 0.897 bits per heavy atom. The summed E-state index contributed by atoms with van der Waals surface area (Å²) in [5, 5.41) is 3.39. The van der Waals surface area contributed by atoms with E-state index < -0.39 is 11.9 Å². The zero-order valence-corrected chi connectivity index (χ0v) is 17.6. The SMILES string of the molecule is CCCCCCCCNCc1ccc(-c2cc(C(=O)OC)cc(C(=O)OC)c2)o1. The van der Waals surface area contributed by atoms with Crippen molar-refractivity contribution >= 4 is 11.9 Å². The Kier molecular flexibility index (Phi) is 9.44. The number of nitrogens with one attached hydrogen (secondary N) is 1. The number of rotatable bonds is 12. The molecule has 0 radical (unpaired) electrons. The standard InChI is InChI=1S/C23H31NO5/c1-4-5-6-7-8-9-12-24-16-20-10-11-21(29-20)17-13-18(22(25)27-2)15-19(14-17)23(26)28-3/h10-11,13-15,24H,4-9,12,16H2,1-3H3. The molecular weight excluding hydrogens is 370 g/mol. The van der Waals surface area contributed by atoms with Crippen molar-refractivity contribution in [2.45, 2.75) is 52.0 Å². The molecule has 0 fully saturated rings. The minimum atomic E-state index is -0.524. The van der Waals surface area contributed by atoms with Crippen LogP contribution >= 0.6 is 0 Å². The summed E-state index contributed by atoms with van der Waals surface area (Å²) in [4.78, 5) is 23.9. The van der Waals surface area contributed by atoms with Gasteiger partial charge in [0.15, 0.2) is 0 Å². The van der Waals surface area contributed by atoms with E-state index in [1.54, 1.807) is 12.1 Å². The Labute approximate surface area is 172 Å². The summed E-state index contributed by atoms with van der Waals surface area (Å²) in [6.07, 6.45) is 7.59. The van der Waals surface area contributed by atoms with Crippen LogP contribution in [0.15, 0.2) is 34.7 Å². The Bertz CT molecular complexity index is 762. The van der Waals surface area contributed by atoms with Crippen molar-refractivity contribution < 1.29 is 23.5 Å². The number of unbranched alkanes of at least 4 members (excludes halogenated alkanes) is 5. The highest BCUT2D eigenvalue weighted by Gasteiger charge is 2.16. The van der Waals surface area contributed by atoms with Crippen molar-refractivity contribution in [1.29, 1.82) is 0 Å². The van der Waals surface area contributed by atoms with Gasteiger partial charge in [0.25, 0.3) is 0 Å². The zero-order chi connectivity index (χ0) is 21.1. The second-order valence-electron chi connectivity index (χ2n) is 6.99. The number of hydrogen-bond donors (Lipinski definition) is 1. The predicted molar refractivity (Wildman–Crippen MR) is 112 cm³/mol. The second kappa shape index (κ2) is 12.1. The van der Waals surface area contributed by atoms with Gasteiger partial charge in [-0.2, -0.15) is 0 Å². The topological polar surface area (TPSA) is 77.8 Å². The van der Waals surface area contributed by atoms with Crippen LogP contribution < -0.4 is 5.32 Å². The maximum Gasteiger partial charge on any atom is 0.337 e. The molecule has 0 atom stereocenters. The Morgan fingerprint density at radius 2 is 1.52 bits per heavy atom. The lowest BCUT2D eigenvalue weighted by atomic mass is 10.0. The normalized spacial score (nSPS) is 10.7. The minimum absolute atomic E-state index is 0.268. The van der Waals surface area contributed by atoms with Crippen molar-refractivity contribution in [3.05, 3.63) is 47.2 Å². The molecule has 158 valence electrons. The van der Waals surface area contributed by atoms with Gasteiger partial charge in [-0.05, 0) is 43.3 Å². The molecule has 6 nitrogen and oxygen atoms in total. The fraction of sp³-hybridized carbons (Fsp3) is 0.478. The molecule has 1 heterocycles. The number of methoxy groups -OCH3 is 2. The van der Waals surface area contributed by atoms with Gasteiger partial charge in [-0.3, -0.25) is 0 Å². The molecule has 0 saturated heterocycles. The van der Waals surface area contributed by atoms with Gasteiger partial charge < -0.3 is 19.2 Å². The predicted octanol–water partition coefficient (Wildman–Crippen LogP) is 4.97. The van der Waals surface area contributed by atoms with E-state index in [4.69, 9.17) is 13.9 Å². The van der Waals surface area contributed by atoms with Crippen LogP contribution in [-0.2, 0) is 16.0 Å². The molecule has 1 N–H and O–H groups in total. The van der Waals surface area contributed by atoms with Gasteiger partial charge in [0.05, 0.1) is 31.9 Å². The molecule has 1 aromatic heterocycles. The highest BCUT2D eigenvalue weighted by molar-refractivity contribution is 5.97. The molecule has 2 aromatic rings. The zero-order valence-electron chi connectivity index (χ0n) is 17.6. The third-order valence-electron chi connectivity index (χ3n) is 4.73. The monoisotopic (exact) mass is 401 g/mol. The van der Waals surface area contributed by atoms with E-state index in [1.807, 2.05) is 12.1 Å². The van der Waals surface area contributed by atoms with E-state index in [0.717, 1.165) is 18.7 Å². The van der Waals surface area contributed by atoms with Crippen LogP contribution in [0.25, 0.3) is 11.3 Å². The van der Waals surface area contributed by atoms with Crippen LogP contribution in [0, 0.1) is 0 Å². The van der Waals surface area contributed by atoms with Crippen molar-refractivity contribution in [2.24, 2.45) is 0 Å². The molecule has 0 spiro atoms. The molecule has 6 heteroatoms. The van der Waals surface area contributed by atoms with Crippen LogP contribution in [0.5, 0.6) is 0 Å². The largest absolute Gasteiger partial charge is 0.465 e. The van der Waals surface area contributed by atoms with E-state index in [2.05, 4.69) is 12.2 Å². The van der Waals surface area contributed by atoms with Gasteiger partial charge in [-0.15, -0.1) is 0 Å². The van der Waals surface area contributed by atoms with Gasteiger partial charge in [0.1, 0.15) is 11.5 Å². The van der Waals surface area contributed by atoms with Crippen molar-refractivity contribution in [2.75, 3.05) is 20.8 Å². The van der Waals surface area contributed by atoms with E-state index in [-0.39, 0.29) is 11.1 Å². The third-order valence-corrected chi connectivity index (χ3v) is 4.73. The summed E-state index contributed by atoms with van der Waals surface area (Å²) >= 11 is 0. The number of hydrogen-bond acceptors (Lipinski definition) is 6. The van der Waals surface area contributed by atoms with E-state index in [9.17, 15) is 9.59 Å². The van der Waals surface area contributed by atoms with Crippen molar-refractivity contribution in [3.8, 4) is 11.3 Å². The van der Waals surface area contributed by atoms with Gasteiger partial charge in [0, 0.05) is 5.56 Å². The molecule has 29 heavy (non-hydrogen) atoms. The maximum atomic E-state index is 11.9. The molecule has 0 unspecified atom stereocenters. The number of furan rings is 1. The number of ether oxygens (including phenoxy) is 2. The van der Waals surface area contributed by atoms with Crippen LogP contribution in [0.1, 0.15) is 71.9 Å². The van der Waals surface area contributed by atoms with Crippen LogP contribution in [0.2, 0.25) is 0 Å². The minimum Gasteiger partial charge on any atom is -0.465 e. The number of esters is 2. The smallest absolute Gasteiger partial charge is 0.337 e. The summed E-state index contributed by atoms with van der Waals surface area (Å²) in [5.74, 6) is 0.333. The molecule has 0 aliphatic heterocycles. The molecule has 0 bridgehead atoms. The van der Waals surface area contributed by atoms with Gasteiger partial charge in [0.2, 0.25) is 0 Å². The molecule has 0 amide bonds. The number of carbonyl (C=O) groups excluding carboxylic acids is 2. The summed E-state index contributed by atoms with van der Waals surface area (Å²) in [5.41, 5.74) is 1.16. The van der Waals surface area contributed by atoms with E-state index in [1.165, 1.54) is 52.4 Å².